The largest absolute Gasteiger partial charge is 0.376 e. The molecule has 0 spiro atoms. The second-order valence-electron chi connectivity index (χ2n) is 8.00. The number of halogens is 2. The lowest BCUT2D eigenvalue weighted by Gasteiger charge is -2.34. The van der Waals surface area contributed by atoms with Gasteiger partial charge in [-0.2, -0.15) is 10.2 Å². The molecule has 0 fully saturated rings. The van der Waals surface area contributed by atoms with Gasteiger partial charge in [0.25, 0.3) is 5.56 Å². The van der Waals surface area contributed by atoms with Crippen molar-refractivity contribution in [2.24, 2.45) is 7.05 Å². The molecule has 4 aromatic rings. The van der Waals surface area contributed by atoms with Crippen LogP contribution in [0.3, 0.4) is 0 Å². The minimum absolute atomic E-state index is 0.223. The predicted octanol–water partition coefficient (Wildman–Crippen LogP) is 3.68. The zero-order valence-electron chi connectivity index (χ0n) is 17.2. The maximum atomic E-state index is 14.5. The summed E-state index contributed by atoms with van der Waals surface area (Å²) < 4.78 is 31.1. The van der Waals surface area contributed by atoms with Crippen molar-refractivity contribution in [1.29, 1.82) is 0 Å². The summed E-state index contributed by atoms with van der Waals surface area (Å²) in [6, 6.07) is 8.07. The number of hydrogen-bond acceptors (Lipinski definition) is 5. The van der Waals surface area contributed by atoms with E-state index < -0.39 is 17.8 Å². The summed E-state index contributed by atoms with van der Waals surface area (Å²) in [5.41, 5.74) is 1.50. The molecule has 1 aliphatic heterocycles. The van der Waals surface area contributed by atoms with Gasteiger partial charge in [-0.15, -0.1) is 0 Å². The zero-order valence-corrected chi connectivity index (χ0v) is 17.2. The second-order valence-corrected chi connectivity index (χ2v) is 8.00. The minimum Gasteiger partial charge on any atom is -0.376 e. The van der Waals surface area contributed by atoms with E-state index in [9.17, 15) is 13.6 Å². The first kappa shape index (κ1) is 19.3. The molecule has 2 aromatic carbocycles. The molecule has 0 saturated heterocycles. The third-order valence-corrected chi connectivity index (χ3v) is 5.69. The van der Waals surface area contributed by atoms with E-state index in [0.29, 0.717) is 22.6 Å². The zero-order chi connectivity index (χ0) is 21.9. The Morgan fingerprint density at radius 2 is 1.84 bits per heavy atom. The van der Waals surface area contributed by atoms with Crippen molar-refractivity contribution in [3.8, 4) is 0 Å². The molecule has 0 aliphatic carbocycles. The molecule has 5 rings (SSSR count). The van der Waals surface area contributed by atoms with Crippen LogP contribution in [-0.4, -0.2) is 24.5 Å². The first-order chi connectivity index (χ1) is 14.8. The van der Waals surface area contributed by atoms with Crippen molar-refractivity contribution in [2.45, 2.75) is 31.8 Å². The molecule has 0 unspecified atom stereocenters. The number of aromatic nitrogens is 5. The number of anilines is 1. The van der Waals surface area contributed by atoms with Gasteiger partial charge in [-0.25, -0.2) is 18.4 Å². The van der Waals surface area contributed by atoms with Crippen LogP contribution in [0.25, 0.3) is 10.8 Å². The van der Waals surface area contributed by atoms with E-state index in [2.05, 4.69) is 15.4 Å². The number of aryl methyl sites for hydroxylation is 1. The summed E-state index contributed by atoms with van der Waals surface area (Å²) in [4.78, 5) is 17.5. The summed E-state index contributed by atoms with van der Waals surface area (Å²) in [6.07, 6.45) is 1.45. The fourth-order valence-corrected chi connectivity index (χ4v) is 4.28. The van der Waals surface area contributed by atoms with E-state index in [-0.39, 0.29) is 22.8 Å². The molecule has 31 heavy (non-hydrogen) atoms. The second kappa shape index (κ2) is 6.97. The highest BCUT2D eigenvalue weighted by atomic mass is 19.1. The van der Waals surface area contributed by atoms with Crippen LogP contribution < -0.4 is 10.9 Å². The van der Waals surface area contributed by atoms with E-state index in [4.69, 9.17) is 5.10 Å². The number of nitrogens with one attached hydrogen (secondary N) is 1. The minimum atomic E-state index is -0.519. The highest BCUT2D eigenvalue weighted by Gasteiger charge is 2.38. The maximum Gasteiger partial charge on any atom is 0.275 e. The van der Waals surface area contributed by atoms with E-state index in [1.165, 1.54) is 35.3 Å². The van der Waals surface area contributed by atoms with Crippen molar-refractivity contribution >= 4 is 16.5 Å². The Labute approximate surface area is 176 Å². The van der Waals surface area contributed by atoms with E-state index in [1.807, 2.05) is 13.8 Å². The van der Waals surface area contributed by atoms with Crippen LogP contribution >= 0.6 is 0 Å². The average molecular weight is 422 g/mol. The Hall–Kier alpha value is -3.62. The molecule has 0 amide bonds. The van der Waals surface area contributed by atoms with Crippen LogP contribution in [0.2, 0.25) is 0 Å². The standard InChI is InChI=1S/C22H20F2N6O/c1-11(2)30-22(31)15-8-14(24)9-16-17(15)20(28-30)18(21-25-10-26-29(21)3)19(27-16)12-4-6-13(23)7-5-12/h4-11,18-19,27H,1-3H3/t18-,19-/m1/s1. The Bertz CT molecular complexity index is 1360. The van der Waals surface area contributed by atoms with E-state index in [0.717, 1.165) is 5.56 Å². The lowest BCUT2D eigenvalue weighted by molar-refractivity contribution is 0.477. The number of hydrogen-bond donors (Lipinski definition) is 1. The maximum absolute atomic E-state index is 14.5. The van der Waals surface area contributed by atoms with Crippen LogP contribution in [-0.2, 0) is 7.05 Å². The van der Waals surface area contributed by atoms with Crippen molar-refractivity contribution in [2.75, 3.05) is 5.32 Å². The number of rotatable bonds is 3. The Kier molecular flexibility index (Phi) is 4.35. The third kappa shape index (κ3) is 2.99. The van der Waals surface area contributed by atoms with Gasteiger partial charge in [-0.3, -0.25) is 9.48 Å². The van der Waals surface area contributed by atoms with Gasteiger partial charge in [0.15, 0.2) is 0 Å². The lowest BCUT2D eigenvalue weighted by Crippen LogP contribution is -2.33. The van der Waals surface area contributed by atoms with E-state index in [1.54, 1.807) is 23.9 Å². The highest BCUT2D eigenvalue weighted by Crippen LogP contribution is 2.46. The quantitative estimate of drug-likeness (QED) is 0.545. The van der Waals surface area contributed by atoms with Crippen LogP contribution in [0.1, 0.15) is 48.9 Å². The molecule has 0 bridgehead atoms. The van der Waals surface area contributed by atoms with Crippen LogP contribution in [0.4, 0.5) is 14.5 Å². The van der Waals surface area contributed by atoms with Gasteiger partial charge in [0.2, 0.25) is 0 Å². The van der Waals surface area contributed by atoms with Gasteiger partial charge in [-0.05, 0) is 43.7 Å². The molecule has 1 N–H and O–H groups in total. The molecular formula is C22H20F2N6O. The average Bonchev–Trinajstić information content (AvgIpc) is 3.15. The topological polar surface area (TPSA) is 77.6 Å². The first-order valence-corrected chi connectivity index (χ1v) is 9.97. The Balaban J connectivity index is 1.87. The van der Waals surface area contributed by atoms with Crippen molar-refractivity contribution in [3.05, 3.63) is 81.8 Å². The van der Waals surface area contributed by atoms with Gasteiger partial charge in [0, 0.05) is 18.1 Å². The summed E-state index contributed by atoms with van der Waals surface area (Å²) >= 11 is 0. The molecule has 7 nitrogen and oxygen atoms in total. The van der Waals surface area contributed by atoms with Crippen LogP contribution in [0.15, 0.2) is 47.5 Å². The normalized spacial score (nSPS) is 17.9. The fourth-order valence-electron chi connectivity index (χ4n) is 4.28. The molecular weight excluding hydrogens is 402 g/mol. The molecule has 9 heteroatoms. The molecule has 158 valence electrons. The molecule has 2 aromatic heterocycles. The molecule has 1 aliphatic rings. The molecule has 3 heterocycles. The summed E-state index contributed by atoms with van der Waals surface area (Å²) in [7, 11) is 1.78. The third-order valence-electron chi connectivity index (χ3n) is 5.69. The molecule has 2 atom stereocenters. The van der Waals surface area contributed by atoms with Gasteiger partial charge in [-0.1, -0.05) is 12.1 Å². The van der Waals surface area contributed by atoms with Crippen molar-refractivity contribution < 1.29 is 8.78 Å². The fraction of sp³-hybridized carbons (Fsp3) is 0.273. The molecule has 0 radical (unpaired) electrons. The predicted molar refractivity (Wildman–Crippen MR) is 112 cm³/mol. The van der Waals surface area contributed by atoms with Crippen molar-refractivity contribution in [3.63, 3.8) is 0 Å². The number of nitrogens with zero attached hydrogens (tertiary/aromatic N) is 5. The highest BCUT2D eigenvalue weighted by molar-refractivity contribution is 5.97. The molecule has 0 saturated carbocycles. The van der Waals surface area contributed by atoms with E-state index >= 15 is 0 Å². The summed E-state index contributed by atoms with van der Waals surface area (Å²) in [6.45, 7) is 3.70. The van der Waals surface area contributed by atoms with Gasteiger partial charge < -0.3 is 5.32 Å². The van der Waals surface area contributed by atoms with Crippen LogP contribution in [0, 0.1) is 11.6 Å². The van der Waals surface area contributed by atoms with Gasteiger partial charge in [0.1, 0.15) is 23.8 Å². The smallest absolute Gasteiger partial charge is 0.275 e. The SMILES string of the molecule is CC(C)n1nc2c3c(cc(F)cc3c1=O)N[C@H](c1ccc(F)cc1)[C@H]2c1ncnn1C. The van der Waals surface area contributed by atoms with Crippen LogP contribution in [0.5, 0.6) is 0 Å². The van der Waals surface area contributed by atoms with Crippen molar-refractivity contribution in [1.82, 2.24) is 24.5 Å². The van der Waals surface area contributed by atoms with Gasteiger partial charge >= 0.3 is 0 Å². The monoisotopic (exact) mass is 422 g/mol. The summed E-state index contributed by atoms with van der Waals surface area (Å²) in [5.74, 6) is -0.687. The lowest BCUT2D eigenvalue weighted by atomic mass is 9.83. The first-order valence-electron chi connectivity index (χ1n) is 9.97. The van der Waals surface area contributed by atoms with Gasteiger partial charge in [0.05, 0.1) is 29.1 Å². The Morgan fingerprint density at radius 1 is 1.10 bits per heavy atom. The number of benzene rings is 2. The summed E-state index contributed by atoms with van der Waals surface area (Å²) in [5, 5.41) is 13.1. The Morgan fingerprint density at radius 3 is 2.48 bits per heavy atom.